The van der Waals surface area contributed by atoms with Gasteiger partial charge in [0.15, 0.2) is 0 Å². The molecule has 2 aliphatic heterocycles. The summed E-state index contributed by atoms with van der Waals surface area (Å²) in [6.45, 7) is 4.55. The van der Waals surface area contributed by atoms with Gasteiger partial charge in [-0.05, 0) is 41.2 Å². The van der Waals surface area contributed by atoms with E-state index < -0.39 is 6.10 Å². The predicted molar refractivity (Wildman–Crippen MR) is 114 cm³/mol. The Kier molecular flexibility index (Phi) is 4.83. The second-order valence-electron chi connectivity index (χ2n) is 8.82. The first-order valence-electron chi connectivity index (χ1n) is 10.7. The summed E-state index contributed by atoms with van der Waals surface area (Å²) in [6.07, 6.45) is 0.348. The normalized spacial score (nSPS) is 25.4. The number of benzene rings is 2. The molecule has 1 fully saturated rings. The highest BCUT2D eigenvalue weighted by atomic mass is 16.3. The molecule has 6 nitrogen and oxygen atoms in total. The molecule has 0 radical (unpaired) electrons. The van der Waals surface area contributed by atoms with Crippen LogP contribution in [0.2, 0.25) is 0 Å². The fourth-order valence-corrected chi connectivity index (χ4v) is 5.04. The molecular weight excluding hydrogens is 378 g/mol. The van der Waals surface area contributed by atoms with E-state index in [1.54, 1.807) is 6.07 Å². The van der Waals surface area contributed by atoms with Crippen LogP contribution in [0.25, 0.3) is 0 Å². The third kappa shape index (κ3) is 3.50. The second kappa shape index (κ2) is 7.52. The fraction of sp³-hybridized carbons (Fsp3) is 0.417. The molecule has 3 aliphatic rings. The molecule has 5 rings (SSSR count). The quantitative estimate of drug-likeness (QED) is 0.712. The van der Waals surface area contributed by atoms with Gasteiger partial charge in [-0.3, -0.25) is 14.5 Å². The topological polar surface area (TPSA) is 81.7 Å². The van der Waals surface area contributed by atoms with E-state index in [1.807, 2.05) is 18.2 Å². The van der Waals surface area contributed by atoms with Crippen molar-refractivity contribution in [3.8, 4) is 0 Å². The molecule has 1 aliphatic carbocycles. The summed E-state index contributed by atoms with van der Waals surface area (Å²) < 4.78 is 0. The Balaban J connectivity index is 1.16. The molecule has 4 atom stereocenters. The van der Waals surface area contributed by atoms with Crippen molar-refractivity contribution in [3.05, 3.63) is 64.7 Å². The van der Waals surface area contributed by atoms with Crippen LogP contribution in [-0.4, -0.2) is 47.6 Å². The van der Waals surface area contributed by atoms with Gasteiger partial charge >= 0.3 is 0 Å². The van der Waals surface area contributed by atoms with Crippen LogP contribution in [0.5, 0.6) is 0 Å². The van der Waals surface area contributed by atoms with Crippen LogP contribution in [0, 0.1) is 11.8 Å². The number of carbonyl (C=O) groups excluding carboxylic acids is 2. The summed E-state index contributed by atoms with van der Waals surface area (Å²) in [5.74, 6) is 0.538. The number of aliphatic hydroxyl groups excluding tert-OH is 1. The Morgan fingerprint density at radius 2 is 2.03 bits per heavy atom. The van der Waals surface area contributed by atoms with Gasteiger partial charge in [-0.1, -0.05) is 37.3 Å². The number of fused-ring (bicyclic) bond motifs is 4. The minimum Gasteiger partial charge on any atom is -0.390 e. The lowest BCUT2D eigenvalue weighted by Gasteiger charge is -2.30. The summed E-state index contributed by atoms with van der Waals surface area (Å²) in [4.78, 5) is 26.9. The van der Waals surface area contributed by atoms with E-state index in [1.165, 1.54) is 11.1 Å². The summed E-state index contributed by atoms with van der Waals surface area (Å²) >= 11 is 0. The molecule has 2 amide bonds. The maximum absolute atomic E-state index is 12.6. The standard InChI is InChI=1S/C24H27N3O3/c1-14-21-19-7-6-16(10-20(19)26-24(30)22(14)21)23(29)25-11-18(28)13-27-9-8-15-4-2-3-5-17(15)12-27/h2-7,10,14,18,21-22,28H,8-9,11-13H2,1H3,(H,25,29)(H,26,30)/t14-,18+,21-,22-/m1/s1. The van der Waals surface area contributed by atoms with Crippen molar-refractivity contribution in [2.45, 2.75) is 31.9 Å². The number of β-amino-alcohol motifs (C(OH)–C–C–N with tert-alkyl or cyclic N) is 1. The first-order valence-corrected chi connectivity index (χ1v) is 10.7. The van der Waals surface area contributed by atoms with Crippen molar-refractivity contribution in [2.75, 3.05) is 25.0 Å². The molecule has 30 heavy (non-hydrogen) atoms. The number of carbonyl (C=O) groups is 2. The molecule has 0 saturated heterocycles. The Bertz CT molecular complexity index is 1000. The number of hydrogen-bond acceptors (Lipinski definition) is 4. The molecule has 2 aromatic rings. The van der Waals surface area contributed by atoms with Crippen LogP contribution in [0.3, 0.4) is 0 Å². The third-order valence-corrected chi connectivity index (χ3v) is 6.79. The lowest BCUT2D eigenvalue weighted by Crippen LogP contribution is -2.42. The molecule has 1 saturated carbocycles. The van der Waals surface area contributed by atoms with Gasteiger partial charge in [0.2, 0.25) is 5.91 Å². The SMILES string of the molecule is C[C@H]1[C@H]2C(=O)Nc3cc(C(=O)NC[C@H](O)CN4CCc5ccccc5C4)ccc3[C@@H]12. The molecule has 6 heteroatoms. The fourth-order valence-electron chi connectivity index (χ4n) is 5.04. The van der Waals surface area contributed by atoms with Gasteiger partial charge in [0.25, 0.3) is 5.91 Å². The van der Waals surface area contributed by atoms with Crippen LogP contribution in [0.15, 0.2) is 42.5 Å². The molecule has 0 bridgehead atoms. The number of nitrogens with one attached hydrogen (secondary N) is 2. The largest absolute Gasteiger partial charge is 0.390 e. The zero-order valence-corrected chi connectivity index (χ0v) is 17.1. The number of amides is 2. The Morgan fingerprint density at radius 1 is 1.23 bits per heavy atom. The van der Waals surface area contributed by atoms with E-state index in [-0.39, 0.29) is 30.2 Å². The number of nitrogens with zero attached hydrogens (tertiary/aromatic N) is 1. The van der Waals surface area contributed by atoms with Gasteiger partial charge < -0.3 is 15.7 Å². The first-order chi connectivity index (χ1) is 14.5. The highest BCUT2D eigenvalue weighted by molar-refractivity contribution is 6.02. The Labute approximate surface area is 176 Å². The maximum atomic E-state index is 12.6. The van der Waals surface area contributed by atoms with Crippen LogP contribution in [0.1, 0.15) is 39.9 Å². The minimum atomic E-state index is -0.635. The minimum absolute atomic E-state index is 0.0519. The average molecular weight is 405 g/mol. The van der Waals surface area contributed by atoms with Crippen molar-refractivity contribution in [2.24, 2.45) is 11.8 Å². The Hall–Kier alpha value is -2.70. The van der Waals surface area contributed by atoms with Gasteiger partial charge in [-0.15, -0.1) is 0 Å². The van der Waals surface area contributed by atoms with Gasteiger partial charge in [0.1, 0.15) is 0 Å². The highest BCUT2D eigenvalue weighted by Crippen LogP contribution is 2.58. The summed E-state index contributed by atoms with van der Waals surface area (Å²) in [5, 5.41) is 16.2. The van der Waals surface area contributed by atoms with Crippen LogP contribution >= 0.6 is 0 Å². The van der Waals surface area contributed by atoms with Gasteiger partial charge in [-0.25, -0.2) is 0 Å². The number of hydrogen-bond donors (Lipinski definition) is 3. The van der Waals surface area contributed by atoms with E-state index in [0.717, 1.165) is 30.8 Å². The summed E-state index contributed by atoms with van der Waals surface area (Å²) in [7, 11) is 0. The molecule has 0 aromatic heterocycles. The monoisotopic (exact) mass is 405 g/mol. The highest BCUT2D eigenvalue weighted by Gasteiger charge is 2.55. The molecule has 156 valence electrons. The third-order valence-electron chi connectivity index (χ3n) is 6.79. The van der Waals surface area contributed by atoms with Crippen molar-refractivity contribution < 1.29 is 14.7 Å². The summed E-state index contributed by atoms with van der Waals surface area (Å²) in [5.41, 5.74) is 5.05. The number of rotatable bonds is 5. The van der Waals surface area contributed by atoms with E-state index >= 15 is 0 Å². The number of aliphatic hydroxyl groups is 1. The van der Waals surface area contributed by atoms with E-state index in [4.69, 9.17) is 0 Å². The lowest BCUT2D eigenvalue weighted by molar-refractivity contribution is -0.117. The van der Waals surface area contributed by atoms with Crippen molar-refractivity contribution in [1.82, 2.24) is 10.2 Å². The van der Waals surface area contributed by atoms with E-state index in [9.17, 15) is 14.7 Å². The van der Waals surface area contributed by atoms with Gasteiger partial charge in [0, 0.05) is 49.3 Å². The molecule has 0 spiro atoms. The van der Waals surface area contributed by atoms with Crippen molar-refractivity contribution in [3.63, 3.8) is 0 Å². The average Bonchev–Trinajstić information content (AvgIpc) is 3.43. The zero-order chi connectivity index (χ0) is 20.8. The lowest BCUT2D eigenvalue weighted by atomic mass is 9.99. The Morgan fingerprint density at radius 3 is 2.87 bits per heavy atom. The van der Waals surface area contributed by atoms with E-state index in [0.29, 0.717) is 18.0 Å². The van der Waals surface area contributed by atoms with Gasteiger partial charge in [0.05, 0.1) is 6.10 Å². The molecule has 0 unspecified atom stereocenters. The van der Waals surface area contributed by atoms with E-state index in [2.05, 4.69) is 40.7 Å². The summed E-state index contributed by atoms with van der Waals surface area (Å²) in [6, 6.07) is 13.9. The zero-order valence-electron chi connectivity index (χ0n) is 17.1. The molecule has 2 heterocycles. The molecule has 3 N–H and O–H groups in total. The molecular formula is C24H27N3O3. The molecule has 2 aromatic carbocycles. The van der Waals surface area contributed by atoms with Crippen molar-refractivity contribution in [1.29, 1.82) is 0 Å². The number of anilines is 1. The maximum Gasteiger partial charge on any atom is 0.251 e. The first kappa shape index (κ1) is 19.3. The van der Waals surface area contributed by atoms with Gasteiger partial charge in [-0.2, -0.15) is 0 Å². The second-order valence-corrected chi connectivity index (χ2v) is 8.82. The van der Waals surface area contributed by atoms with Crippen LogP contribution in [-0.2, 0) is 17.8 Å². The van der Waals surface area contributed by atoms with Crippen LogP contribution < -0.4 is 10.6 Å². The van der Waals surface area contributed by atoms with Crippen LogP contribution in [0.4, 0.5) is 5.69 Å². The predicted octanol–water partition coefficient (Wildman–Crippen LogP) is 2.14. The van der Waals surface area contributed by atoms with Crippen molar-refractivity contribution >= 4 is 17.5 Å². The smallest absolute Gasteiger partial charge is 0.251 e.